The van der Waals surface area contributed by atoms with E-state index in [4.69, 9.17) is 10.5 Å². The van der Waals surface area contributed by atoms with Gasteiger partial charge in [0.1, 0.15) is 17.2 Å². The average Bonchev–Trinajstić information content (AvgIpc) is 2.43. The number of hydrogen-bond donors (Lipinski definition) is 1. The van der Waals surface area contributed by atoms with Gasteiger partial charge in [-0.05, 0) is 13.8 Å². The molecule has 1 saturated heterocycles. The minimum atomic E-state index is -0.212. The number of rotatable bonds is 2. The van der Waals surface area contributed by atoms with Crippen LogP contribution in [0.4, 0.5) is 5.82 Å². The number of cyclic esters (lactones) is 1. The fraction of sp³-hybridized carbons (Fsp3) is 0.500. The molecule has 5 nitrogen and oxygen atoms in total. The molecule has 1 fully saturated rings. The van der Waals surface area contributed by atoms with Gasteiger partial charge in [-0.2, -0.15) is 0 Å². The Kier molecular flexibility index (Phi) is 3.00. The zero-order valence-electron chi connectivity index (χ0n) is 9.14. The summed E-state index contributed by atoms with van der Waals surface area (Å²) >= 11 is 1.31. The first-order chi connectivity index (χ1) is 7.54. The van der Waals surface area contributed by atoms with E-state index in [-0.39, 0.29) is 17.3 Å². The second kappa shape index (κ2) is 4.29. The zero-order chi connectivity index (χ0) is 11.7. The van der Waals surface area contributed by atoms with Crippen molar-refractivity contribution in [2.75, 3.05) is 5.73 Å². The smallest absolute Gasteiger partial charge is 0.319 e. The molecule has 2 N–H and O–H groups in total. The average molecular weight is 239 g/mol. The van der Waals surface area contributed by atoms with Crippen LogP contribution in [-0.2, 0) is 9.53 Å². The normalized spacial score (nSPS) is 24.5. The van der Waals surface area contributed by atoms with Crippen LogP contribution < -0.4 is 5.73 Å². The summed E-state index contributed by atoms with van der Waals surface area (Å²) in [7, 11) is 0. The van der Waals surface area contributed by atoms with Gasteiger partial charge in [-0.25, -0.2) is 9.97 Å². The minimum Gasteiger partial charge on any atom is -0.462 e. The molecule has 0 amide bonds. The van der Waals surface area contributed by atoms with Crippen LogP contribution in [0.25, 0.3) is 0 Å². The molecule has 0 spiro atoms. The van der Waals surface area contributed by atoms with E-state index in [0.717, 1.165) is 5.69 Å². The third kappa shape index (κ3) is 2.44. The minimum absolute atomic E-state index is 0.0212. The molecule has 1 aliphatic heterocycles. The molecule has 0 aromatic carbocycles. The summed E-state index contributed by atoms with van der Waals surface area (Å²) in [6.45, 7) is 3.72. The number of aromatic nitrogens is 2. The molecule has 1 aromatic heterocycles. The summed E-state index contributed by atoms with van der Waals surface area (Å²) in [6.07, 6.45) is 0.674. The molecule has 1 aliphatic rings. The van der Waals surface area contributed by atoms with E-state index in [9.17, 15) is 4.79 Å². The van der Waals surface area contributed by atoms with Crippen molar-refractivity contribution in [3.63, 3.8) is 0 Å². The quantitative estimate of drug-likeness (QED) is 0.616. The summed E-state index contributed by atoms with van der Waals surface area (Å²) in [5.74, 6) is 0.232. The van der Waals surface area contributed by atoms with Gasteiger partial charge in [0.2, 0.25) is 0 Å². The highest BCUT2D eigenvalue weighted by Crippen LogP contribution is 2.30. The summed E-state index contributed by atoms with van der Waals surface area (Å²) in [5.41, 5.74) is 6.42. The zero-order valence-corrected chi connectivity index (χ0v) is 9.95. The maximum Gasteiger partial charge on any atom is 0.319 e. The van der Waals surface area contributed by atoms with Crippen molar-refractivity contribution in [3.8, 4) is 0 Å². The van der Waals surface area contributed by atoms with Gasteiger partial charge in [0.15, 0.2) is 5.16 Å². The monoisotopic (exact) mass is 239 g/mol. The highest BCUT2D eigenvalue weighted by molar-refractivity contribution is 8.00. The highest BCUT2D eigenvalue weighted by atomic mass is 32.2. The van der Waals surface area contributed by atoms with Gasteiger partial charge in [0, 0.05) is 18.2 Å². The molecule has 1 aromatic rings. The molecule has 2 rings (SSSR count). The molecule has 0 radical (unpaired) electrons. The first-order valence-corrected chi connectivity index (χ1v) is 5.91. The number of carbonyl (C=O) groups excluding carboxylic acids is 1. The fourth-order valence-electron chi connectivity index (χ4n) is 1.56. The van der Waals surface area contributed by atoms with Crippen molar-refractivity contribution in [1.29, 1.82) is 0 Å². The summed E-state index contributed by atoms with van der Waals surface area (Å²) in [5, 5.41) is 0.324. The standard InChI is InChI=1S/C10H13N3O2S/c1-5-3-8(11)13-10(12-5)16-7-4-6(2)15-9(7)14/h3,6-7H,4H2,1-2H3,(H2,11,12,13)/t6-,7+/m1/s1. The van der Waals surface area contributed by atoms with Crippen molar-refractivity contribution in [2.24, 2.45) is 0 Å². The number of anilines is 1. The maximum atomic E-state index is 11.4. The number of nitrogen functional groups attached to an aromatic ring is 1. The van der Waals surface area contributed by atoms with Gasteiger partial charge in [-0.3, -0.25) is 4.79 Å². The second-order valence-corrected chi connectivity index (χ2v) is 4.98. The van der Waals surface area contributed by atoms with E-state index in [0.29, 0.717) is 17.4 Å². The lowest BCUT2D eigenvalue weighted by molar-refractivity contribution is -0.140. The molecule has 2 atom stereocenters. The number of esters is 1. The first-order valence-electron chi connectivity index (χ1n) is 5.03. The Bertz CT molecular complexity index is 404. The summed E-state index contributed by atoms with van der Waals surface area (Å²) in [6, 6.07) is 1.69. The molecule has 2 heterocycles. The number of ether oxygens (including phenoxy) is 1. The predicted octanol–water partition coefficient (Wildman–Crippen LogP) is 1.16. The van der Waals surface area contributed by atoms with Gasteiger partial charge >= 0.3 is 5.97 Å². The molecule has 0 bridgehead atoms. The van der Waals surface area contributed by atoms with Gasteiger partial charge in [-0.1, -0.05) is 11.8 Å². The number of aryl methyl sites for hydroxylation is 1. The molecular formula is C10H13N3O2S. The Morgan fingerprint density at radius 3 is 2.88 bits per heavy atom. The Morgan fingerprint density at radius 2 is 2.31 bits per heavy atom. The molecule has 6 heteroatoms. The van der Waals surface area contributed by atoms with Crippen LogP contribution in [0.5, 0.6) is 0 Å². The van der Waals surface area contributed by atoms with Crippen LogP contribution in [0.15, 0.2) is 11.2 Å². The number of thioether (sulfide) groups is 1. The van der Waals surface area contributed by atoms with E-state index < -0.39 is 0 Å². The lowest BCUT2D eigenvalue weighted by atomic mass is 10.3. The SMILES string of the molecule is Cc1cc(N)nc(S[C@H]2C[C@@H](C)OC2=O)n1. The van der Waals surface area contributed by atoms with Crippen LogP contribution in [0.1, 0.15) is 19.0 Å². The van der Waals surface area contributed by atoms with E-state index in [1.54, 1.807) is 6.07 Å². The lowest BCUT2D eigenvalue weighted by Crippen LogP contribution is -2.10. The van der Waals surface area contributed by atoms with Crippen LogP contribution >= 0.6 is 11.8 Å². The van der Waals surface area contributed by atoms with E-state index in [2.05, 4.69) is 9.97 Å². The van der Waals surface area contributed by atoms with Crippen molar-refractivity contribution in [2.45, 2.75) is 36.8 Å². The number of nitrogens with two attached hydrogens (primary N) is 1. The van der Waals surface area contributed by atoms with Gasteiger partial charge in [0.25, 0.3) is 0 Å². The fourth-order valence-corrected chi connectivity index (χ4v) is 2.69. The third-order valence-electron chi connectivity index (χ3n) is 2.23. The molecular weight excluding hydrogens is 226 g/mol. The Morgan fingerprint density at radius 1 is 1.56 bits per heavy atom. The van der Waals surface area contributed by atoms with E-state index in [1.807, 2.05) is 13.8 Å². The topological polar surface area (TPSA) is 78.1 Å². The molecule has 86 valence electrons. The van der Waals surface area contributed by atoms with Crippen LogP contribution in [-0.4, -0.2) is 27.3 Å². The molecule has 0 aliphatic carbocycles. The summed E-state index contributed by atoms with van der Waals surface area (Å²) < 4.78 is 5.06. The molecule has 16 heavy (non-hydrogen) atoms. The highest BCUT2D eigenvalue weighted by Gasteiger charge is 2.33. The van der Waals surface area contributed by atoms with Gasteiger partial charge < -0.3 is 10.5 Å². The molecule has 0 saturated carbocycles. The van der Waals surface area contributed by atoms with Gasteiger partial charge in [0.05, 0.1) is 0 Å². The molecule has 0 unspecified atom stereocenters. The number of nitrogens with zero attached hydrogens (tertiary/aromatic N) is 2. The van der Waals surface area contributed by atoms with Gasteiger partial charge in [-0.15, -0.1) is 0 Å². The Hall–Kier alpha value is -1.30. The Balaban J connectivity index is 2.12. The third-order valence-corrected chi connectivity index (χ3v) is 3.29. The number of carbonyl (C=O) groups is 1. The number of hydrogen-bond acceptors (Lipinski definition) is 6. The van der Waals surface area contributed by atoms with Crippen LogP contribution in [0.3, 0.4) is 0 Å². The predicted molar refractivity (Wildman–Crippen MR) is 61.0 cm³/mol. The van der Waals surface area contributed by atoms with Crippen LogP contribution in [0.2, 0.25) is 0 Å². The van der Waals surface area contributed by atoms with Crippen LogP contribution in [0, 0.1) is 6.92 Å². The second-order valence-electron chi connectivity index (χ2n) is 3.81. The maximum absolute atomic E-state index is 11.4. The lowest BCUT2D eigenvalue weighted by Gasteiger charge is -2.05. The van der Waals surface area contributed by atoms with Crippen molar-refractivity contribution in [1.82, 2.24) is 9.97 Å². The largest absolute Gasteiger partial charge is 0.462 e. The van der Waals surface area contributed by atoms with Crippen molar-refractivity contribution >= 4 is 23.5 Å². The van der Waals surface area contributed by atoms with E-state index in [1.165, 1.54) is 11.8 Å². The first kappa shape index (κ1) is 11.2. The summed E-state index contributed by atoms with van der Waals surface area (Å²) in [4.78, 5) is 19.7. The van der Waals surface area contributed by atoms with E-state index >= 15 is 0 Å². The van der Waals surface area contributed by atoms with Crippen molar-refractivity contribution < 1.29 is 9.53 Å². The van der Waals surface area contributed by atoms with Crippen molar-refractivity contribution in [3.05, 3.63) is 11.8 Å². The Labute approximate surface area is 97.8 Å².